The van der Waals surface area contributed by atoms with Crippen molar-refractivity contribution in [3.63, 3.8) is 0 Å². The van der Waals surface area contributed by atoms with E-state index < -0.39 is 5.60 Å². The summed E-state index contributed by atoms with van der Waals surface area (Å²) in [7, 11) is 0. The number of anilines is 1. The van der Waals surface area contributed by atoms with E-state index in [9.17, 15) is 9.59 Å². The predicted molar refractivity (Wildman–Crippen MR) is 110 cm³/mol. The predicted octanol–water partition coefficient (Wildman–Crippen LogP) is 2.99. The molecule has 2 aliphatic rings. The zero-order valence-corrected chi connectivity index (χ0v) is 17.3. The lowest BCUT2D eigenvalue weighted by molar-refractivity contribution is -0.146. The van der Waals surface area contributed by atoms with Gasteiger partial charge in [-0.15, -0.1) is 0 Å². The van der Waals surface area contributed by atoms with E-state index >= 15 is 0 Å². The number of carbonyl (C=O) groups is 2. The summed E-state index contributed by atoms with van der Waals surface area (Å²) >= 11 is 0. The Morgan fingerprint density at radius 3 is 2.45 bits per heavy atom. The highest BCUT2D eigenvalue weighted by atomic mass is 16.5. The van der Waals surface area contributed by atoms with Gasteiger partial charge in [0, 0.05) is 25.4 Å². The quantitative estimate of drug-likeness (QED) is 0.721. The second-order valence-electron chi connectivity index (χ2n) is 7.66. The van der Waals surface area contributed by atoms with Crippen LogP contribution in [-0.4, -0.2) is 61.8 Å². The molecule has 0 aromatic heterocycles. The number of ether oxygens (including phenoxy) is 3. The molecule has 3 rings (SSSR count). The minimum Gasteiger partial charge on any atom is -0.484 e. The van der Waals surface area contributed by atoms with Crippen LogP contribution < -0.4 is 10.1 Å². The third-order valence-corrected chi connectivity index (χ3v) is 5.50. The molecular weight excluding hydrogens is 372 g/mol. The monoisotopic (exact) mass is 404 g/mol. The number of benzene rings is 1. The average molecular weight is 405 g/mol. The number of hydrogen-bond donors (Lipinski definition) is 1. The third kappa shape index (κ3) is 5.93. The fourth-order valence-corrected chi connectivity index (χ4v) is 3.79. The van der Waals surface area contributed by atoms with Gasteiger partial charge in [0.15, 0.2) is 6.61 Å². The van der Waals surface area contributed by atoms with Gasteiger partial charge in [-0.1, -0.05) is 26.2 Å². The number of nitrogens with zero attached hydrogens (tertiary/aromatic N) is 1. The largest absolute Gasteiger partial charge is 0.484 e. The first-order chi connectivity index (χ1) is 14.1. The van der Waals surface area contributed by atoms with Crippen LogP contribution in [0.4, 0.5) is 5.69 Å². The van der Waals surface area contributed by atoms with Crippen molar-refractivity contribution in [2.45, 2.75) is 51.0 Å². The van der Waals surface area contributed by atoms with Crippen LogP contribution in [0.1, 0.15) is 45.4 Å². The van der Waals surface area contributed by atoms with Crippen LogP contribution in [0.5, 0.6) is 5.75 Å². The Kier molecular flexibility index (Phi) is 7.89. The van der Waals surface area contributed by atoms with Gasteiger partial charge in [0.25, 0.3) is 11.8 Å². The summed E-state index contributed by atoms with van der Waals surface area (Å²) in [6.45, 7) is 5.01. The lowest BCUT2D eigenvalue weighted by Gasteiger charge is -2.35. The minimum atomic E-state index is -0.714. The van der Waals surface area contributed by atoms with E-state index in [0.29, 0.717) is 44.3 Å². The standard InChI is InChI=1S/C22H32N2O5/c1-2-14-29-22(10-4-3-5-11-22)21(26)23-18-6-8-19(9-7-18)28-17-20(25)24-12-15-27-16-13-24/h6-9H,2-5,10-17H2,1H3,(H,23,26). The van der Waals surface area contributed by atoms with Crippen molar-refractivity contribution in [1.29, 1.82) is 0 Å². The molecule has 2 amide bonds. The third-order valence-electron chi connectivity index (χ3n) is 5.50. The summed E-state index contributed by atoms with van der Waals surface area (Å²) in [5.74, 6) is 0.485. The molecule has 7 heteroatoms. The van der Waals surface area contributed by atoms with Gasteiger partial charge in [0.2, 0.25) is 0 Å². The number of carbonyl (C=O) groups excluding carboxylic acids is 2. The summed E-state index contributed by atoms with van der Waals surface area (Å²) in [5, 5.41) is 3.00. The summed E-state index contributed by atoms with van der Waals surface area (Å²) in [5.41, 5.74) is -0.0134. The summed E-state index contributed by atoms with van der Waals surface area (Å²) in [6, 6.07) is 7.12. The normalized spacial score (nSPS) is 18.9. The molecule has 2 fully saturated rings. The first-order valence-electron chi connectivity index (χ1n) is 10.7. The van der Waals surface area contributed by atoms with Crippen LogP contribution in [0.3, 0.4) is 0 Å². The number of rotatable bonds is 8. The molecule has 1 heterocycles. The van der Waals surface area contributed by atoms with Gasteiger partial charge in [0.05, 0.1) is 13.2 Å². The van der Waals surface area contributed by atoms with E-state index in [4.69, 9.17) is 14.2 Å². The lowest BCUT2D eigenvalue weighted by Crippen LogP contribution is -2.47. The van der Waals surface area contributed by atoms with E-state index in [1.54, 1.807) is 29.2 Å². The second kappa shape index (κ2) is 10.6. The van der Waals surface area contributed by atoms with Gasteiger partial charge < -0.3 is 24.4 Å². The zero-order chi connectivity index (χ0) is 20.5. The minimum absolute atomic E-state index is 0.000323. The van der Waals surface area contributed by atoms with Crippen molar-refractivity contribution < 1.29 is 23.8 Å². The van der Waals surface area contributed by atoms with E-state index in [0.717, 1.165) is 38.5 Å². The van der Waals surface area contributed by atoms with Crippen LogP contribution in [0.25, 0.3) is 0 Å². The Morgan fingerprint density at radius 1 is 1.10 bits per heavy atom. The summed E-state index contributed by atoms with van der Waals surface area (Å²) in [4.78, 5) is 26.8. The number of morpholine rings is 1. The maximum Gasteiger partial charge on any atom is 0.260 e. The molecular formula is C22H32N2O5. The Bertz CT molecular complexity index is 664. The van der Waals surface area contributed by atoms with E-state index in [1.165, 1.54) is 0 Å². The van der Waals surface area contributed by atoms with Crippen molar-refractivity contribution in [3.8, 4) is 5.75 Å². The Labute approximate surface area is 172 Å². The second-order valence-corrected chi connectivity index (χ2v) is 7.66. The van der Waals surface area contributed by atoms with Crippen molar-refractivity contribution in [2.24, 2.45) is 0 Å². The number of nitrogens with one attached hydrogen (secondary N) is 1. The fraction of sp³-hybridized carbons (Fsp3) is 0.636. The zero-order valence-electron chi connectivity index (χ0n) is 17.3. The Balaban J connectivity index is 1.52. The Morgan fingerprint density at radius 2 is 1.79 bits per heavy atom. The van der Waals surface area contributed by atoms with Gasteiger partial charge in [0.1, 0.15) is 11.4 Å². The van der Waals surface area contributed by atoms with Gasteiger partial charge in [-0.2, -0.15) is 0 Å². The van der Waals surface area contributed by atoms with Crippen LogP contribution in [0.15, 0.2) is 24.3 Å². The SMILES string of the molecule is CCCOC1(C(=O)Nc2ccc(OCC(=O)N3CCOCC3)cc2)CCCCC1. The van der Waals surface area contributed by atoms with Crippen molar-refractivity contribution in [2.75, 3.05) is 44.8 Å². The molecule has 0 atom stereocenters. The van der Waals surface area contributed by atoms with E-state index in [2.05, 4.69) is 12.2 Å². The van der Waals surface area contributed by atoms with Crippen LogP contribution >= 0.6 is 0 Å². The highest BCUT2D eigenvalue weighted by Crippen LogP contribution is 2.33. The summed E-state index contributed by atoms with van der Waals surface area (Å²) in [6.07, 6.45) is 5.61. The molecule has 0 unspecified atom stereocenters. The molecule has 1 N–H and O–H groups in total. The topological polar surface area (TPSA) is 77.1 Å². The highest BCUT2D eigenvalue weighted by molar-refractivity contribution is 5.97. The van der Waals surface area contributed by atoms with Gasteiger partial charge in [-0.3, -0.25) is 9.59 Å². The molecule has 1 aliphatic carbocycles. The first kappa shape index (κ1) is 21.6. The summed E-state index contributed by atoms with van der Waals surface area (Å²) < 4.78 is 16.9. The molecule has 1 aliphatic heterocycles. The van der Waals surface area contributed by atoms with Gasteiger partial charge in [-0.25, -0.2) is 0 Å². The molecule has 1 aromatic carbocycles. The smallest absolute Gasteiger partial charge is 0.260 e. The van der Waals surface area contributed by atoms with Crippen molar-refractivity contribution in [1.82, 2.24) is 4.90 Å². The van der Waals surface area contributed by atoms with Crippen LogP contribution in [-0.2, 0) is 19.1 Å². The number of amides is 2. The average Bonchev–Trinajstić information content (AvgIpc) is 2.78. The molecule has 0 spiro atoms. The molecule has 29 heavy (non-hydrogen) atoms. The molecule has 0 bridgehead atoms. The van der Waals surface area contributed by atoms with Crippen LogP contribution in [0.2, 0.25) is 0 Å². The van der Waals surface area contributed by atoms with E-state index in [1.807, 2.05) is 0 Å². The van der Waals surface area contributed by atoms with Crippen molar-refractivity contribution >= 4 is 17.5 Å². The van der Waals surface area contributed by atoms with Crippen LogP contribution in [0, 0.1) is 0 Å². The lowest BCUT2D eigenvalue weighted by atomic mass is 9.83. The van der Waals surface area contributed by atoms with E-state index in [-0.39, 0.29) is 18.4 Å². The maximum atomic E-state index is 12.9. The first-order valence-corrected chi connectivity index (χ1v) is 10.7. The molecule has 1 saturated heterocycles. The van der Waals surface area contributed by atoms with Gasteiger partial charge in [-0.05, 0) is 43.5 Å². The van der Waals surface area contributed by atoms with Crippen molar-refractivity contribution in [3.05, 3.63) is 24.3 Å². The molecule has 1 aromatic rings. The highest BCUT2D eigenvalue weighted by Gasteiger charge is 2.40. The molecule has 1 saturated carbocycles. The Hall–Kier alpha value is -2.12. The molecule has 160 valence electrons. The number of hydrogen-bond acceptors (Lipinski definition) is 5. The maximum absolute atomic E-state index is 12.9. The fourth-order valence-electron chi connectivity index (χ4n) is 3.79. The molecule has 0 radical (unpaired) electrons. The van der Waals surface area contributed by atoms with Gasteiger partial charge >= 0.3 is 0 Å². The molecule has 7 nitrogen and oxygen atoms in total.